The van der Waals surface area contributed by atoms with Gasteiger partial charge in [0, 0.05) is 4.47 Å². The molecule has 1 N–H and O–H groups in total. The number of hydrogen-bond donors (Lipinski definition) is 1. The zero-order valence-corrected chi connectivity index (χ0v) is 13.3. The summed E-state index contributed by atoms with van der Waals surface area (Å²) in [6.45, 7) is 4.05. The van der Waals surface area contributed by atoms with Gasteiger partial charge in [-0.25, -0.2) is 0 Å². The van der Waals surface area contributed by atoms with E-state index < -0.39 is 0 Å². The Morgan fingerprint density at radius 3 is 2.50 bits per heavy atom. The minimum absolute atomic E-state index is 0.0308. The lowest BCUT2D eigenvalue weighted by Gasteiger charge is -2.16. The Morgan fingerprint density at radius 1 is 1.20 bits per heavy atom. The number of carbonyl (C=O) groups excluding carboxylic acids is 1. The van der Waals surface area contributed by atoms with E-state index in [9.17, 15) is 4.79 Å². The number of carbonyl (C=O) groups is 1. The summed E-state index contributed by atoms with van der Waals surface area (Å²) in [5, 5.41) is 3.00. The van der Waals surface area contributed by atoms with E-state index in [0.717, 1.165) is 27.7 Å². The molecule has 2 nitrogen and oxygen atoms in total. The van der Waals surface area contributed by atoms with Crippen molar-refractivity contribution in [3.05, 3.63) is 64.1 Å². The lowest BCUT2D eigenvalue weighted by Crippen LogP contribution is -2.20. The highest BCUT2D eigenvalue weighted by Crippen LogP contribution is 2.26. The molecule has 3 heteroatoms. The molecule has 0 saturated carbocycles. The van der Waals surface area contributed by atoms with Crippen LogP contribution >= 0.6 is 15.9 Å². The van der Waals surface area contributed by atoms with Crippen molar-refractivity contribution in [1.82, 2.24) is 0 Å². The van der Waals surface area contributed by atoms with E-state index in [-0.39, 0.29) is 11.8 Å². The Balaban J connectivity index is 2.18. The second-order valence-corrected chi connectivity index (χ2v) is 5.70. The van der Waals surface area contributed by atoms with Crippen LogP contribution in [0.1, 0.15) is 30.4 Å². The molecule has 104 valence electrons. The maximum absolute atomic E-state index is 12.4. The lowest BCUT2D eigenvalue weighted by molar-refractivity contribution is -0.117. The Kier molecular flexibility index (Phi) is 4.96. The smallest absolute Gasteiger partial charge is 0.231 e. The van der Waals surface area contributed by atoms with E-state index in [1.807, 2.05) is 62.4 Å². The number of halogens is 1. The summed E-state index contributed by atoms with van der Waals surface area (Å²) in [7, 11) is 0. The van der Waals surface area contributed by atoms with Gasteiger partial charge in [-0.05, 0) is 52.5 Å². The summed E-state index contributed by atoms with van der Waals surface area (Å²) < 4.78 is 0.911. The maximum atomic E-state index is 12.4. The zero-order chi connectivity index (χ0) is 14.5. The van der Waals surface area contributed by atoms with E-state index in [1.165, 1.54) is 0 Å². The first kappa shape index (κ1) is 14.8. The molecule has 0 radical (unpaired) electrons. The first-order valence-corrected chi connectivity index (χ1v) is 7.53. The molecule has 20 heavy (non-hydrogen) atoms. The van der Waals surface area contributed by atoms with Gasteiger partial charge in [0.05, 0.1) is 11.6 Å². The first-order valence-electron chi connectivity index (χ1n) is 6.73. The molecular weight excluding hydrogens is 314 g/mol. The average Bonchev–Trinajstić information content (AvgIpc) is 2.44. The highest BCUT2D eigenvalue weighted by Gasteiger charge is 2.19. The molecule has 2 aromatic rings. The van der Waals surface area contributed by atoms with Gasteiger partial charge in [0.25, 0.3) is 0 Å². The molecule has 2 aromatic carbocycles. The fraction of sp³-hybridized carbons (Fsp3) is 0.235. The molecule has 0 aliphatic rings. The van der Waals surface area contributed by atoms with Crippen LogP contribution in [0.25, 0.3) is 0 Å². The molecule has 0 aromatic heterocycles. The number of hydrogen-bond acceptors (Lipinski definition) is 1. The Hall–Kier alpha value is -1.61. The Labute approximate surface area is 128 Å². The van der Waals surface area contributed by atoms with Crippen LogP contribution in [0.15, 0.2) is 53.0 Å². The van der Waals surface area contributed by atoms with Crippen LogP contribution in [0, 0.1) is 6.92 Å². The van der Waals surface area contributed by atoms with Gasteiger partial charge in [-0.2, -0.15) is 0 Å². The average molecular weight is 332 g/mol. The van der Waals surface area contributed by atoms with Gasteiger partial charge in [0.2, 0.25) is 5.91 Å². The molecule has 0 heterocycles. The normalized spacial score (nSPS) is 11.9. The number of anilines is 1. The van der Waals surface area contributed by atoms with Gasteiger partial charge < -0.3 is 5.32 Å². The number of aryl methyl sites for hydroxylation is 1. The van der Waals surface area contributed by atoms with Crippen molar-refractivity contribution in [2.24, 2.45) is 0 Å². The van der Waals surface area contributed by atoms with Crippen LogP contribution in [-0.2, 0) is 4.79 Å². The molecule has 1 unspecified atom stereocenters. The summed E-state index contributed by atoms with van der Waals surface area (Å²) in [5.74, 6) is -0.0901. The molecule has 1 atom stereocenters. The van der Waals surface area contributed by atoms with Crippen LogP contribution < -0.4 is 5.32 Å². The molecule has 0 spiro atoms. The molecular formula is C17H18BrNO. The summed E-state index contributed by atoms with van der Waals surface area (Å²) in [6.07, 6.45) is 0.777. The van der Waals surface area contributed by atoms with Crippen LogP contribution in [0.3, 0.4) is 0 Å². The maximum Gasteiger partial charge on any atom is 0.231 e. The monoisotopic (exact) mass is 331 g/mol. The molecule has 2 rings (SSSR count). The minimum Gasteiger partial charge on any atom is -0.325 e. The van der Waals surface area contributed by atoms with Crippen molar-refractivity contribution in [2.45, 2.75) is 26.2 Å². The number of benzene rings is 2. The summed E-state index contributed by atoms with van der Waals surface area (Å²) >= 11 is 3.49. The third-order valence-corrected chi connectivity index (χ3v) is 3.97. The van der Waals surface area contributed by atoms with E-state index in [0.29, 0.717) is 0 Å². The highest BCUT2D eigenvalue weighted by molar-refractivity contribution is 9.10. The minimum atomic E-state index is -0.121. The van der Waals surface area contributed by atoms with Gasteiger partial charge >= 0.3 is 0 Å². The quantitative estimate of drug-likeness (QED) is 0.849. The standard InChI is InChI=1S/C17H18BrNO/c1-3-14(13-7-5-4-6-8-13)17(20)19-16-10-9-12(2)11-15(16)18/h4-11,14H,3H2,1-2H3,(H,19,20). The number of rotatable bonds is 4. The van der Waals surface area contributed by atoms with Crippen LogP contribution in [0.5, 0.6) is 0 Å². The van der Waals surface area contributed by atoms with Crippen molar-refractivity contribution in [3.63, 3.8) is 0 Å². The Morgan fingerprint density at radius 2 is 1.90 bits per heavy atom. The Bertz CT molecular complexity index is 595. The summed E-state index contributed by atoms with van der Waals surface area (Å²) in [4.78, 5) is 12.4. The lowest BCUT2D eigenvalue weighted by atomic mass is 9.95. The van der Waals surface area contributed by atoms with Crippen molar-refractivity contribution in [2.75, 3.05) is 5.32 Å². The van der Waals surface area contributed by atoms with Crippen LogP contribution in [-0.4, -0.2) is 5.91 Å². The number of amides is 1. The van der Waals surface area contributed by atoms with E-state index in [4.69, 9.17) is 0 Å². The fourth-order valence-electron chi connectivity index (χ4n) is 2.20. The fourth-order valence-corrected chi connectivity index (χ4v) is 2.79. The van der Waals surface area contributed by atoms with Gasteiger partial charge in [-0.15, -0.1) is 0 Å². The van der Waals surface area contributed by atoms with Crippen molar-refractivity contribution >= 4 is 27.5 Å². The predicted molar refractivity (Wildman–Crippen MR) is 87.0 cm³/mol. The molecule has 0 bridgehead atoms. The summed E-state index contributed by atoms with van der Waals surface area (Å²) in [5.41, 5.74) is 3.02. The topological polar surface area (TPSA) is 29.1 Å². The molecule has 0 saturated heterocycles. The van der Waals surface area contributed by atoms with Crippen molar-refractivity contribution in [3.8, 4) is 0 Å². The first-order chi connectivity index (χ1) is 9.61. The molecule has 0 aliphatic heterocycles. The summed E-state index contributed by atoms with van der Waals surface area (Å²) in [6, 6.07) is 15.8. The molecule has 1 amide bonds. The third kappa shape index (κ3) is 3.48. The van der Waals surface area contributed by atoms with Crippen molar-refractivity contribution < 1.29 is 4.79 Å². The van der Waals surface area contributed by atoms with Crippen LogP contribution in [0.2, 0.25) is 0 Å². The second kappa shape index (κ2) is 6.71. The van der Waals surface area contributed by atoms with Crippen molar-refractivity contribution in [1.29, 1.82) is 0 Å². The van der Waals surface area contributed by atoms with Gasteiger partial charge in [-0.3, -0.25) is 4.79 Å². The van der Waals surface area contributed by atoms with Gasteiger partial charge in [0.1, 0.15) is 0 Å². The SMILES string of the molecule is CCC(C(=O)Nc1ccc(C)cc1Br)c1ccccc1. The van der Waals surface area contributed by atoms with E-state index in [1.54, 1.807) is 0 Å². The predicted octanol–water partition coefficient (Wildman–Crippen LogP) is 4.89. The highest BCUT2D eigenvalue weighted by atomic mass is 79.9. The van der Waals surface area contributed by atoms with Gasteiger partial charge in [-0.1, -0.05) is 43.3 Å². The largest absolute Gasteiger partial charge is 0.325 e. The second-order valence-electron chi connectivity index (χ2n) is 4.84. The van der Waals surface area contributed by atoms with E-state index in [2.05, 4.69) is 21.2 Å². The number of nitrogens with one attached hydrogen (secondary N) is 1. The third-order valence-electron chi connectivity index (χ3n) is 3.31. The van der Waals surface area contributed by atoms with Gasteiger partial charge in [0.15, 0.2) is 0 Å². The van der Waals surface area contributed by atoms with E-state index >= 15 is 0 Å². The zero-order valence-electron chi connectivity index (χ0n) is 11.7. The molecule has 0 fully saturated rings. The van der Waals surface area contributed by atoms with Crippen LogP contribution in [0.4, 0.5) is 5.69 Å². The molecule has 0 aliphatic carbocycles.